The first-order valence-electron chi connectivity index (χ1n) is 7.39. The minimum absolute atomic E-state index is 0.438. The van der Waals surface area contributed by atoms with Gasteiger partial charge in [0.15, 0.2) is 0 Å². The Kier molecular flexibility index (Phi) is 6.24. The minimum atomic E-state index is -0.438. The van der Waals surface area contributed by atoms with Gasteiger partial charge in [0.2, 0.25) is 0 Å². The van der Waals surface area contributed by atoms with Gasteiger partial charge in [-0.25, -0.2) is 0 Å². The SMILES string of the molecule is CCN(CCC(O)c1ccc(Cl)cc1)Cc1ccccc1. The molecular weight excluding hydrogens is 282 g/mol. The van der Waals surface area contributed by atoms with Gasteiger partial charge in [0.25, 0.3) is 0 Å². The first-order chi connectivity index (χ1) is 10.2. The van der Waals surface area contributed by atoms with Gasteiger partial charge in [-0.1, -0.05) is 61.0 Å². The van der Waals surface area contributed by atoms with Crippen LogP contribution < -0.4 is 0 Å². The van der Waals surface area contributed by atoms with Gasteiger partial charge in [-0.05, 0) is 36.2 Å². The topological polar surface area (TPSA) is 23.5 Å². The first-order valence-corrected chi connectivity index (χ1v) is 7.76. The van der Waals surface area contributed by atoms with E-state index >= 15 is 0 Å². The molecule has 112 valence electrons. The number of rotatable bonds is 7. The van der Waals surface area contributed by atoms with Crippen LogP contribution in [0, 0.1) is 0 Å². The Morgan fingerprint density at radius 2 is 1.71 bits per heavy atom. The quantitative estimate of drug-likeness (QED) is 0.825. The van der Waals surface area contributed by atoms with Crippen molar-refractivity contribution in [1.29, 1.82) is 0 Å². The number of hydrogen-bond acceptors (Lipinski definition) is 2. The van der Waals surface area contributed by atoms with Crippen LogP contribution in [0.5, 0.6) is 0 Å². The molecule has 2 aromatic carbocycles. The van der Waals surface area contributed by atoms with Gasteiger partial charge >= 0.3 is 0 Å². The Labute approximate surface area is 132 Å². The summed E-state index contributed by atoms with van der Waals surface area (Å²) < 4.78 is 0. The van der Waals surface area contributed by atoms with E-state index in [1.54, 1.807) is 0 Å². The van der Waals surface area contributed by atoms with Crippen molar-refractivity contribution in [3.63, 3.8) is 0 Å². The molecule has 0 bridgehead atoms. The zero-order valence-electron chi connectivity index (χ0n) is 12.4. The van der Waals surface area contributed by atoms with Crippen molar-refractivity contribution in [3.05, 3.63) is 70.7 Å². The fraction of sp³-hybridized carbons (Fsp3) is 0.333. The first kappa shape index (κ1) is 16.0. The van der Waals surface area contributed by atoms with E-state index in [-0.39, 0.29) is 0 Å². The molecular formula is C18H22ClNO. The van der Waals surface area contributed by atoms with E-state index in [1.807, 2.05) is 30.3 Å². The van der Waals surface area contributed by atoms with Crippen LogP contribution >= 0.6 is 11.6 Å². The van der Waals surface area contributed by atoms with Crippen LogP contribution in [0.2, 0.25) is 5.02 Å². The second kappa shape index (κ2) is 8.18. The molecule has 0 radical (unpaired) electrons. The van der Waals surface area contributed by atoms with E-state index in [9.17, 15) is 5.11 Å². The average Bonchev–Trinajstić information content (AvgIpc) is 2.52. The molecule has 3 heteroatoms. The van der Waals surface area contributed by atoms with E-state index in [0.29, 0.717) is 5.02 Å². The fourth-order valence-corrected chi connectivity index (χ4v) is 2.47. The zero-order valence-corrected chi connectivity index (χ0v) is 13.1. The third-order valence-electron chi connectivity index (χ3n) is 3.67. The van der Waals surface area contributed by atoms with Crippen LogP contribution in [0.4, 0.5) is 0 Å². The maximum Gasteiger partial charge on any atom is 0.0802 e. The Morgan fingerprint density at radius 1 is 1.05 bits per heavy atom. The Balaban J connectivity index is 1.86. The van der Waals surface area contributed by atoms with Crippen LogP contribution in [-0.4, -0.2) is 23.1 Å². The summed E-state index contributed by atoms with van der Waals surface area (Å²) in [5.41, 5.74) is 2.23. The molecule has 1 unspecified atom stereocenters. The number of aliphatic hydroxyl groups excluding tert-OH is 1. The summed E-state index contributed by atoms with van der Waals surface area (Å²) in [4.78, 5) is 2.34. The van der Waals surface area contributed by atoms with Gasteiger partial charge in [0.05, 0.1) is 6.10 Å². The molecule has 0 aliphatic carbocycles. The standard InChI is InChI=1S/C18H22ClNO/c1-2-20(14-15-6-4-3-5-7-15)13-12-18(21)16-8-10-17(19)11-9-16/h3-11,18,21H,2,12-14H2,1H3. The molecule has 0 aromatic heterocycles. The lowest BCUT2D eigenvalue weighted by Gasteiger charge is -2.22. The maximum atomic E-state index is 10.3. The summed E-state index contributed by atoms with van der Waals surface area (Å²) in [6.45, 7) is 4.92. The van der Waals surface area contributed by atoms with Crippen molar-refractivity contribution in [2.45, 2.75) is 26.0 Å². The Hall–Kier alpha value is -1.35. The van der Waals surface area contributed by atoms with Crippen LogP contribution in [0.1, 0.15) is 30.6 Å². The minimum Gasteiger partial charge on any atom is -0.388 e. The molecule has 1 N–H and O–H groups in total. The molecule has 0 spiro atoms. The second-order valence-corrected chi connectivity index (χ2v) is 5.65. The highest BCUT2D eigenvalue weighted by molar-refractivity contribution is 6.30. The van der Waals surface area contributed by atoms with Crippen LogP contribution in [0.25, 0.3) is 0 Å². The van der Waals surface area contributed by atoms with E-state index in [0.717, 1.165) is 31.6 Å². The lowest BCUT2D eigenvalue weighted by atomic mass is 10.1. The van der Waals surface area contributed by atoms with Gasteiger partial charge < -0.3 is 5.11 Å². The van der Waals surface area contributed by atoms with Crippen LogP contribution in [-0.2, 0) is 6.54 Å². The Morgan fingerprint density at radius 3 is 2.33 bits per heavy atom. The van der Waals surface area contributed by atoms with Crippen molar-refractivity contribution >= 4 is 11.6 Å². The molecule has 0 heterocycles. The highest BCUT2D eigenvalue weighted by Crippen LogP contribution is 2.19. The Bertz CT molecular complexity index is 527. The summed E-state index contributed by atoms with van der Waals surface area (Å²) in [5, 5.41) is 11.0. The summed E-state index contributed by atoms with van der Waals surface area (Å²) in [5.74, 6) is 0. The number of hydrogen-bond donors (Lipinski definition) is 1. The molecule has 2 aromatic rings. The monoisotopic (exact) mass is 303 g/mol. The van der Waals surface area contributed by atoms with Crippen LogP contribution in [0.3, 0.4) is 0 Å². The predicted octanol–water partition coefficient (Wildman–Crippen LogP) is 4.29. The highest BCUT2D eigenvalue weighted by atomic mass is 35.5. The number of aliphatic hydroxyl groups is 1. The van der Waals surface area contributed by atoms with E-state index < -0.39 is 6.10 Å². The van der Waals surface area contributed by atoms with Gasteiger partial charge in [0.1, 0.15) is 0 Å². The van der Waals surface area contributed by atoms with Crippen molar-refractivity contribution < 1.29 is 5.11 Å². The van der Waals surface area contributed by atoms with E-state index in [1.165, 1.54) is 5.56 Å². The predicted molar refractivity (Wildman–Crippen MR) is 88.4 cm³/mol. The molecule has 0 fully saturated rings. The van der Waals surface area contributed by atoms with Gasteiger partial charge in [-0.2, -0.15) is 0 Å². The summed E-state index contributed by atoms with van der Waals surface area (Å²) in [6, 6.07) is 17.8. The smallest absolute Gasteiger partial charge is 0.0802 e. The zero-order chi connectivity index (χ0) is 15.1. The van der Waals surface area contributed by atoms with Gasteiger partial charge in [-0.15, -0.1) is 0 Å². The van der Waals surface area contributed by atoms with Gasteiger partial charge in [0, 0.05) is 18.1 Å². The number of benzene rings is 2. The number of halogens is 1. The maximum absolute atomic E-state index is 10.3. The van der Waals surface area contributed by atoms with E-state index in [2.05, 4.69) is 36.1 Å². The van der Waals surface area contributed by atoms with E-state index in [4.69, 9.17) is 11.6 Å². The summed E-state index contributed by atoms with van der Waals surface area (Å²) >= 11 is 5.87. The molecule has 0 saturated carbocycles. The third kappa shape index (κ3) is 5.16. The van der Waals surface area contributed by atoms with Crippen LogP contribution in [0.15, 0.2) is 54.6 Å². The van der Waals surface area contributed by atoms with Gasteiger partial charge in [-0.3, -0.25) is 4.90 Å². The molecule has 21 heavy (non-hydrogen) atoms. The molecule has 0 aliphatic rings. The summed E-state index contributed by atoms with van der Waals surface area (Å²) in [6.07, 6.45) is 0.287. The third-order valence-corrected chi connectivity index (χ3v) is 3.92. The molecule has 0 saturated heterocycles. The molecule has 1 atom stereocenters. The van der Waals surface area contributed by atoms with Crippen molar-refractivity contribution in [2.24, 2.45) is 0 Å². The molecule has 2 rings (SSSR count). The molecule has 0 aliphatic heterocycles. The normalized spacial score (nSPS) is 12.6. The molecule has 0 amide bonds. The van der Waals surface area contributed by atoms with Crippen molar-refractivity contribution in [3.8, 4) is 0 Å². The largest absolute Gasteiger partial charge is 0.388 e. The molecule has 2 nitrogen and oxygen atoms in total. The average molecular weight is 304 g/mol. The lowest BCUT2D eigenvalue weighted by Crippen LogP contribution is -2.25. The number of nitrogens with zero attached hydrogens (tertiary/aromatic N) is 1. The summed E-state index contributed by atoms with van der Waals surface area (Å²) in [7, 11) is 0. The highest BCUT2D eigenvalue weighted by Gasteiger charge is 2.10. The lowest BCUT2D eigenvalue weighted by molar-refractivity contribution is 0.141. The van der Waals surface area contributed by atoms with Crippen molar-refractivity contribution in [2.75, 3.05) is 13.1 Å². The fourth-order valence-electron chi connectivity index (χ4n) is 2.35. The van der Waals surface area contributed by atoms with Crippen molar-refractivity contribution in [1.82, 2.24) is 4.90 Å². The second-order valence-electron chi connectivity index (χ2n) is 5.21.